The van der Waals surface area contributed by atoms with E-state index in [-0.39, 0.29) is 0 Å². The van der Waals surface area contributed by atoms with Crippen molar-refractivity contribution in [2.45, 2.75) is 13.3 Å². The number of nitrogens with zero attached hydrogens (tertiary/aromatic N) is 1. The molecule has 0 aliphatic heterocycles. The summed E-state index contributed by atoms with van der Waals surface area (Å²) in [5.41, 5.74) is 10.8. The van der Waals surface area contributed by atoms with Gasteiger partial charge in [-0.1, -0.05) is 24.3 Å². The summed E-state index contributed by atoms with van der Waals surface area (Å²) in [6.07, 6.45) is 0.827. The molecule has 0 aliphatic carbocycles. The molecule has 0 unspecified atom stereocenters. The van der Waals surface area contributed by atoms with Crippen molar-refractivity contribution >= 4 is 11.1 Å². The van der Waals surface area contributed by atoms with Gasteiger partial charge in [0.05, 0.1) is 0 Å². The molecule has 0 radical (unpaired) electrons. The van der Waals surface area contributed by atoms with Gasteiger partial charge in [-0.25, -0.2) is 4.98 Å². The lowest BCUT2D eigenvalue weighted by Crippen LogP contribution is -2.03. The third-order valence-electron chi connectivity index (χ3n) is 3.20. The Morgan fingerprint density at radius 2 is 2.00 bits per heavy atom. The van der Waals surface area contributed by atoms with Crippen molar-refractivity contribution in [3.8, 4) is 11.5 Å². The first-order valence-electron chi connectivity index (χ1n) is 6.43. The number of benzene rings is 2. The van der Waals surface area contributed by atoms with Crippen LogP contribution in [-0.2, 0) is 6.42 Å². The van der Waals surface area contributed by atoms with Gasteiger partial charge in [-0.05, 0) is 49.2 Å². The molecule has 3 rings (SSSR count). The van der Waals surface area contributed by atoms with Gasteiger partial charge in [-0.3, -0.25) is 0 Å². The number of aryl methyl sites for hydroxylation is 1. The molecule has 96 valence electrons. The highest BCUT2D eigenvalue weighted by molar-refractivity contribution is 5.77. The van der Waals surface area contributed by atoms with Crippen LogP contribution in [-0.4, -0.2) is 11.5 Å². The van der Waals surface area contributed by atoms with E-state index in [1.807, 2.05) is 36.4 Å². The molecule has 0 saturated heterocycles. The Balaban J connectivity index is 2.13. The van der Waals surface area contributed by atoms with Crippen LogP contribution in [0.5, 0.6) is 0 Å². The monoisotopic (exact) mass is 252 g/mol. The number of rotatable bonds is 3. The topological polar surface area (TPSA) is 52.0 Å². The van der Waals surface area contributed by atoms with Crippen LogP contribution in [0.25, 0.3) is 22.6 Å². The van der Waals surface area contributed by atoms with Gasteiger partial charge in [0.2, 0.25) is 5.89 Å². The highest BCUT2D eigenvalue weighted by Crippen LogP contribution is 2.27. The minimum absolute atomic E-state index is 0.621. The fraction of sp³-hybridized carbons (Fsp3) is 0.188. The maximum Gasteiger partial charge on any atom is 0.227 e. The average molecular weight is 252 g/mol. The smallest absolute Gasteiger partial charge is 0.227 e. The Hall–Kier alpha value is -2.13. The molecule has 19 heavy (non-hydrogen) atoms. The van der Waals surface area contributed by atoms with E-state index in [1.165, 1.54) is 11.1 Å². The molecule has 2 N–H and O–H groups in total. The zero-order valence-corrected chi connectivity index (χ0v) is 10.9. The zero-order valence-electron chi connectivity index (χ0n) is 10.9. The van der Waals surface area contributed by atoms with E-state index in [0.717, 1.165) is 23.1 Å². The lowest BCUT2D eigenvalue weighted by Gasteiger charge is -2.04. The molecule has 2 aromatic carbocycles. The normalized spacial score (nSPS) is 11.1. The van der Waals surface area contributed by atoms with Gasteiger partial charge in [-0.15, -0.1) is 0 Å². The van der Waals surface area contributed by atoms with E-state index in [4.69, 9.17) is 10.2 Å². The second-order valence-corrected chi connectivity index (χ2v) is 4.69. The largest absolute Gasteiger partial charge is 0.436 e. The molecule has 1 heterocycles. The lowest BCUT2D eigenvalue weighted by molar-refractivity contribution is 0.618. The fourth-order valence-electron chi connectivity index (χ4n) is 2.26. The molecule has 0 atom stereocenters. The molecule has 0 spiro atoms. The molecular formula is C16H16N2O. The summed E-state index contributed by atoms with van der Waals surface area (Å²) < 4.78 is 5.84. The van der Waals surface area contributed by atoms with Crippen LogP contribution in [0.1, 0.15) is 11.1 Å². The Kier molecular flexibility index (Phi) is 3.05. The van der Waals surface area contributed by atoms with Crippen LogP contribution >= 0.6 is 0 Å². The van der Waals surface area contributed by atoms with Crippen molar-refractivity contribution in [2.75, 3.05) is 6.54 Å². The van der Waals surface area contributed by atoms with Crippen LogP contribution in [0.3, 0.4) is 0 Å². The molecule has 3 nitrogen and oxygen atoms in total. The van der Waals surface area contributed by atoms with Crippen molar-refractivity contribution in [1.29, 1.82) is 0 Å². The van der Waals surface area contributed by atoms with Crippen molar-refractivity contribution in [2.24, 2.45) is 5.73 Å². The Labute approximate surface area is 112 Å². The number of fused-ring (bicyclic) bond motifs is 1. The first kappa shape index (κ1) is 11.9. The Morgan fingerprint density at radius 3 is 2.84 bits per heavy atom. The summed E-state index contributed by atoms with van der Waals surface area (Å²) in [5, 5.41) is 0. The van der Waals surface area contributed by atoms with Gasteiger partial charge in [0.25, 0.3) is 0 Å². The first-order chi connectivity index (χ1) is 9.28. The van der Waals surface area contributed by atoms with Crippen molar-refractivity contribution in [3.05, 3.63) is 53.6 Å². The summed E-state index contributed by atoms with van der Waals surface area (Å²) in [4.78, 5) is 4.58. The summed E-state index contributed by atoms with van der Waals surface area (Å²) in [6.45, 7) is 2.67. The minimum atomic E-state index is 0.621. The van der Waals surface area contributed by atoms with Gasteiger partial charge in [0, 0.05) is 5.56 Å². The van der Waals surface area contributed by atoms with E-state index in [9.17, 15) is 0 Å². The van der Waals surface area contributed by atoms with Crippen LogP contribution in [0.2, 0.25) is 0 Å². The summed E-state index contributed by atoms with van der Waals surface area (Å²) in [6, 6.07) is 14.1. The van der Waals surface area contributed by atoms with Crippen molar-refractivity contribution < 1.29 is 4.42 Å². The predicted molar refractivity (Wildman–Crippen MR) is 76.9 cm³/mol. The second kappa shape index (κ2) is 4.86. The van der Waals surface area contributed by atoms with Crippen LogP contribution in [0, 0.1) is 6.92 Å². The number of oxazole rings is 1. The van der Waals surface area contributed by atoms with E-state index in [0.29, 0.717) is 12.4 Å². The van der Waals surface area contributed by atoms with Crippen LogP contribution in [0.15, 0.2) is 46.9 Å². The minimum Gasteiger partial charge on any atom is -0.436 e. The molecule has 3 aromatic rings. The van der Waals surface area contributed by atoms with Gasteiger partial charge in [0.1, 0.15) is 5.52 Å². The number of nitrogens with two attached hydrogens (primary N) is 1. The fourth-order valence-corrected chi connectivity index (χ4v) is 2.26. The van der Waals surface area contributed by atoms with Gasteiger partial charge in [0.15, 0.2) is 5.58 Å². The van der Waals surface area contributed by atoms with Crippen molar-refractivity contribution in [3.63, 3.8) is 0 Å². The van der Waals surface area contributed by atoms with E-state index < -0.39 is 0 Å². The Bertz CT molecular complexity index is 716. The molecule has 0 bridgehead atoms. The number of aromatic nitrogens is 1. The van der Waals surface area contributed by atoms with Gasteiger partial charge in [-0.2, -0.15) is 0 Å². The summed E-state index contributed by atoms with van der Waals surface area (Å²) in [7, 11) is 0. The maximum absolute atomic E-state index is 5.84. The summed E-state index contributed by atoms with van der Waals surface area (Å²) >= 11 is 0. The third-order valence-corrected chi connectivity index (χ3v) is 3.20. The summed E-state index contributed by atoms with van der Waals surface area (Å²) in [5.74, 6) is 0.671. The SMILES string of the molecule is Cc1ccc2oc(-c3ccccc3CCN)nc2c1. The third kappa shape index (κ3) is 2.25. The maximum atomic E-state index is 5.84. The lowest BCUT2D eigenvalue weighted by atomic mass is 10.0. The first-order valence-corrected chi connectivity index (χ1v) is 6.43. The Morgan fingerprint density at radius 1 is 1.16 bits per heavy atom. The molecule has 0 fully saturated rings. The average Bonchev–Trinajstić information content (AvgIpc) is 2.82. The molecule has 0 aliphatic rings. The highest BCUT2D eigenvalue weighted by atomic mass is 16.3. The molecule has 0 amide bonds. The molecule has 3 heteroatoms. The number of hydrogen-bond acceptors (Lipinski definition) is 3. The van der Waals surface area contributed by atoms with Crippen LogP contribution < -0.4 is 5.73 Å². The molecule has 0 saturated carbocycles. The van der Waals surface area contributed by atoms with E-state index in [1.54, 1.807) is 0 Å². The molecule has 1 aromatic heterocycles. The van der Waals surface area contributed by atoms with Gasteiger partial charge < -0.3 is 10.2 Å². The highest BCUT2D eigenvalue weighted by Gasteiger charge is 2.11. The quantitative estimate of drug-likeness (QED) is 0.778. The van der Waals surface area contributed by atoms with E-state index >= 15 is 0 Å². The van der Waals surface area contributed by atoms with Crippen molar-refractivity contribution in [1.82, 2.24) is 4.98 Å². The van der Waals surface area contributed by atoms with Gasteiger partial charge >= 0.3 is 0 Å². The second-order valence-electron chi connectivity index (χ2n) is 4.69. The molecular weight excluding hydrogens is 236 g/mol. The standard InChI is InChI=1S/C16H16N2O/c1-11-6-7-15-14(10-11)18-16(19-15)13-5-3-2-4-12(13)8-9-17/h2-7,10H,8-9,17H2,1H3. The van der Waals surface area contributed by atoms with Crippen LogP contribution in [0.4, 0.5) is 0 Å². The van der Waals surface area contributed by atoms with E-state index in [2.05, 4.69) is 18.0 Å². The number of hydrogen-bond donors (Lipinski definition) is 1. The zero-order chi connectivity index (χ0) is 13.2. The predicted octanol–water partition coefficient (Wildman–Crippen LogP) is 3.30.